The van der Waals surface area contributed by atoms with Crippen LogP contribution in [-0.4, -0.2) is 32.7 Å². The van der Waals surface area contributed by atoms with Gasteiger partial charge >= 0.3 is 5.97 Å². The molecule has 31 heavy (non-hydrogen) atoms. The molecule has 0 amide bonds. The van der Waals surface area contributed by atoms with E-state index < -0.39 is 5.97 Å². The summed E-state index contributed by atoms with van der Waals surface area (Å²) in [5.41, 5.74) is 4.09. The lowest BCUT2D eigenvalue weighted by Crippen LogP contribution is -2.13. The average Bonchev–Trinajstić information content (AvgIpc) is 3.19. The summed E-state index contributed by atoms with van der Waals surface area (Å²) in [5.74, 6) is -1.28. The van der Waals surface area contributed by atoms with Crippen molar-refractivity contribution in [3.8, 4) is 5.69 Å². The van der Waals surface area contributed by atoms with E-state index in [4.69, 9.17) is 16.3 Å². The van der Waals surface area contributed by atoms with Crippen molar-refractivity contribution in [1.29, 1.82) is 0 Å². The Labute approximate surface area is 184 Å². The van der Waals surface area contributed by atoms with Gasteiger partial charge in [-0.15, -0.1) is 0 Å². The molecule has 0 aliphatic carbocycles. The maximum absolute atomic E-state index is 13.1. The van der Waals surface area contributed by atoms with Crippen molar-refractivity contribution in [2.24, 2.45) is 0 Å². The minimum absolute atomic E-state index is 0.257. The van der Waals surface area contributed by atoms with Gasteiger partial charge in [0.1, 0.15) is 11.0 Å². The molecule has 0 bridgehead atoms. The van der Waals surface area contributed by atoms with E-state index in [0.29, 0.717) is 22.5 Å². The molecular formula is C23H23ClFN3O3. The van der Waals surface area contributed by atoms with Crippen LogP contribution in [0.3, 0.4) is 0 Å². The molecule has 0 fully saturated rings. The molecular weight excluding hydrogens is 421 g/mol. The lowest BCUT2D eigenvalue weighted by molar-refractivity contribution is -0.136. The zero-order valence-corrected chi connectivity index (χ0v) is 18.5. The average molecular weight is 444 g/mol. The van der Waals surface area contributed by atoms with Crippen LogP contribution in [0, 0.1) is 26.6 Å². The van der Waals surface area contributed by atoms with Crippen LogP contribution in [0.1, 0.15) is 39.9 Å². The molecule has 0 atom stereocenters. The molecule has 162 valence electrons. The topological polar surface area (TPSA) is 66.1 Å². The highest BCUT2D eigenvalue weighted by Gasteiger charge is 2.17. The van der Waals surface area contributed by atoms with E-state index in [0.717, 1.165) is 17.9 Å². The fourth-order valence-electron chi connectivity index (χ4n) is 3.44. The summed E-state index contributed by atoms with van der Waals surface area (Å²) in [6.07, 6.45) is 2.69. The van der Waals surface area contributed by atoms with Gasteiger partial charge in [-0.1, -0.05) is 11.6 Å². The summed E-state index contributed by atoms with van der Waals surface area (Å²) < 4.78 is 21.7. The molecule has 2 heterocycles. The van der Waals surface area contributed by atoms with Crippen LogP contribution in [0.15, 0.2) is 36.4 Å². The van der Waals surface area contributed by atoms with Crippen molar-refractivity contribution in [2.75, 3.05) is 6.61 Å². The summed E-state index contributed by atoms with van der Waals surface area (Å²) in [5, 5.41) is 4.61. The number of aromatic nitrogens is 3. The maximum atomic E-state index is 13.1. The number of aryl methyl sites for hydroxylation is 2. The van der Waals surface area contributed by atoms with E-state index in [2.05, 4.69) is 5.10 Å². The molecule has 0 aliphatic rings. The van der Waals surface area contributed by atoms with E-state index in [9.17, 15) is 14.0 Å². The number of hydrogen-bond acceptors (Lipinski definition) is 4. The molecule has 0 aliphatic heterocycles. The zero-order chi connectivity index (χ0) is 22.7. The fourth-order valence-corrected chi connectivity index (χ4v) is 3.77. The highest BCUT2D eigenvalue weighted by atomic mass is 35.5. The predicted molar refractivity (Wildman–Crippen MR) is 117 cm³/mol. The molecule has 0 saturated heterocycles. The summed E-state index contributed by atoms with van der Waals surface area (Å²) in [6.45, 7) is 7.96. The highest BCUT2D eigenvalue weighted by Crippen LogP contribution is 2.25. The van der Waals surface area contributed by atoms with Crippen LogP contribution in [-0.2, 0) is 16.1 Å². The van der Waals surface area contributed by atoms with Gasteiger partial charge in [-0.25, -0.2) is 13.9 Å². The third-order valence-corrected chi connectivity index (χ3v) is 5.40. The van der Waals surface area contributed by atoms with Crippen molar-refractivity contribution in [3.05, 3.63) is 75.6 Å². The first-order valence-electron chi connectivity index (χ1n) is 9.78. The Kier molecular flexibility index (Phi) is 6.75. The van der Waals surface area contributed by atoms with Crippen molar-refractivity contribution in [1.82, 2.24) is 14.3 Å². The van der Waals surface area contributed by atoms with Crippen LogP contribution in [0.5, 0.6) is 0 Å². The molecule has 0 N–H and O–H groups in total. The number of carbonyl (C=O) groups is 2. The number of benzene rings is 1. The van der Waals surface area contributed by atoms with E-state index in [1.807, 2.05) is 25.3 Å². The van der Waals surface area contributed by atoms with E-state index in [1.165, 1.54) is 29.0 Å². The van der Waals surface area contributed by atoms with E-state index >= 15 is 0 Å². The number of ether oxygens (including phenoxy) is 1. The molecule has 0 saturated carbocycles. The number of ketones is 1. The number of hydrogen-bond donors (Lipinski definition) is 0. The lowest BCUT2D eigenvalue weighted by atomic mass is 10.1. The largest absolute Gasteiger partial charge is 0.454 e. The van der Waals surface area contributed by atoms with Gasteiger partial charge in [0.2, 0.25) is 5.78 Å². The van der Waals surface area contributed by atoms with Gasteiger partial charge in [-0.05, 0) is 64.1 Å². The molecule has 0 radical (unpaired) electrons. The SMILES string of the molecule is CCn1c(C)cc(C(=O)COC(=O)C=Cc2c(C)nn(-c3ccc(F)cc3)c2Cl)c1C. The third-order valence-electron chi connectivity index (χ3n) is 5.04. The van der Waals surface area contributed by atoms with Gasteiger partial charge in [-0.3, -0.25) is 4.79 Å². The molecule has 8 heteroatoms. The summed E-state index contributed by atoms with van der Waals surface area (Å²) in [7, 11) is 0. The van der Waals surface area contributed by atoms with E-state index in [-0.39, 0.29) is 23.4 Å². The monoisotopic (exact) mass is 443 g/mol. The Balaban J connectivity index is 1.68. The summed E-state index contributed by atoms with van der Waals surface area (Å²) >= 11 is 6.39. The second-order valence-corrected chi connectivity index (χ2v) is 7.43. The minimum atomic E-state index is -0.664. The van der Waals surface area contributed by atoms with Crippen molar-refractivity contribution in [2.45, 2.75) is 34.2 Å². The second-order valence-electron chi connectivity index (χ2n) is 7.07. The number of nitrogens with zero attached hydrogens (tertiary/aromatic N) is 3. The number of halogens is 2. The van der Waals surface area contributed by atoms with Gasteiger partial charge in [0.25, 0.3) is 0 Å². The quantitative estimate of drug-likeness (QED) is 0.297. The van der Waals surface area contributed by atoms with Crippen molar-refractivity contribution < 1.29 is 18.7 Å². The molecule has 3 rings (SSSR count). The smallest absolute Gasteiger partial charge is 0.331 e. The molecule has 0 unspecified atom stereocenters. The van der Waals surface area contributed by atoms with Gasteiger partial charge in [0.05, 0.1) is 11.4 Å². The second kappa shape index (κ2) is 9.31. The van der Waals surface area contributed by atoms with Crippen LogP contribution in [0.25, 0.3) is 11.8 Å². The Bertz CT molecular complexity index is 1160. The first-order chi connectivity index (χ1) is 14.7. The maximum Gasteiger partial charge on any atom is 0.331 e. The number of rotatable bonds is 7. The Morgan fingerprint density at radius 3 is 2.48 bits per heavy atom. The van der Waals surface area contributed by atoms with Crippen molar-refractivity contribution >= 4 is 29.4 Å². The van der Waals surface area contributed by atoms with E-state index in [1.54, 1.807) is 25.1 Å². The number of carbonyl (C=O) groups excluding carboxylic acids is 2. The Morgan fingerprint density at radius 1 is 1.19 bits per heavy atom. The van der Waals surface area contributed by atoms with Gasteiger partial charge < -0.3 is 9.30 Å². The standard InChI is InChI=1S/C23H23ClFN3O3/c1-5-27-14(2)12-20(16(27)4)21(29)13-31-22(30)11-10-19-15(3)26-28(23(19)24)18-8-6-17(25)7-9-18/h6-12H,5,13H2,1-4H3. The molecule has 0 spiro atoms. The third kappa shape index (κ3) is 4.77. The highest BCUT2D eigenvalue weighted by molar-refractivity contribution is 6.31. The van der Waals surface area contributed by atoms with Crippen LogP contribution >= 0.6 is 11.6 Å². The summed E-state index contributed by atoms with van der Waals surface area (Å²) in [4.78, 5) is 24.6. The normalized spacial score (nSPS) is 11.3. The van der Waals surface area contributed by atoms with Gasteiger partial charge in [-0.2, -0.15) is 5.10 Å². The van der Waals surface area contributed by atoms with Crippen molar-refractivity contribution in [3.63, 3.8) is 0 Å². The minimum Gasteiger partial charge on any atom is -0.454 e. The van der Waals surface area contributed by atoms with Gasteiger partial charge in [0, 0.05) is 35.1 Å². The lowest BCUT2D eigenvalue weighted by Gasteiger charge is -2.05. The zero-order valence-electron chi connectivity index (χ0n) is 17.8. The molecule has 3 aromatic rings. The number of esters is 1. The van der Waals surface area contributed by atoms with Crippen LogP contribution in [0.2, 0.25) is 5.15 Å². The summed E-state index contributed by atoms with van der Waals surface area (Å²) in [6, 6.07) is 7.53. The molecule has 6 nitrogen and oxygen atoms in total. The predicted octanol–water partition coefficient (Wildman–Crippen LogP) is 4.85. The molecule has 2 aromatic heterocycles. The molecule has 1 aromatic carbocycles. The Morgan fingerprint density at radius 2 is 1.87 bits per heavy atom. The fraction of sp³-hybridized carbons (Fsp3) is 0.261. The van der Waals surface area contributed by atoms with Crippen LogP contribution < -0.4 is 0 Å². The number of Topliss-reactive ketones (excluding diaryl/α,β-unsaturated/α-hetero) is 1. The first-order valence-corrected chi connectivity index (χ1v) is 10.2. The van der Waals surface area contributed by atoms with Crippen LogP contribution in [0.4, 0.5) is 4.39 Å². The Hall–Kier alpha value is -3.19. The first kappa shape index (κ1) is 22.5. The van der Waals surface area contributed by atoms with Gasteiger partial charge in [0.15, 0.2) is 6.61 Å².